The van der Waals surface area contributed by atoms with Crippen LogP contribution in [0.25, 0.3) is 5.65 Å². The molecule has 0 spiro atoms. The summed E-state index contributed by atoms with van der Waals surface area (Å²) >= 11 is 1.50. The fourth-order valence-corrected chi connectivity index (χ4v) is 2.28. The average molecular weight is 251 g/mol. The fourth-order valence-electron chi connectivity index (χ4n) is 1.34. The van der Waals surface area contributed by atoms with E-state index in [9.17, 15) is 4.79 Å². The molecule has 2 aromatic rings. The molecule has 90 valence electrons. The lowest BCUT2D eigenvalue weighted by Crippen LogP contribution is -2.36. The van der Waals surface area contributed by atoms with Crippen LogP contribution in [0.2, 0.25) is 0 Å². The monoisotopic (exact) mass is 251 g/mol. The Morgan fingerprint density at radius 3 is 3.06 bits per heavy atom. The normalized spacial score (nSPS) is 12.8. The number of carbonyl (C=O) groups is 1. The summed E-state index contributed by atoms with van der Waals surface area (Å²) in [6, 6.07) is 5.10. The number of aromatic nitrogens is 3. The van der Waals surface area contributed by atoms with E-state index in [1.165, 1.54) is 11.8 Å². The Hall–Kier alpha value is -1.60. The van der Waals surface area contributed by atoms with Gasteiger partial charge in [-0.1, -0.05) is 17.8 Å². The van der Waals surface area contributed by atoms with Crippen LogP contribution >= 0.6 is 11.8 Å². The molecular formula is C10H13N5OS. The third-order valence-corrected chi connectivity index (χ3v) is 3.28. The first-order valence-corrected chi connectivity index (χ1v) is 6.14. The van der Waals surface area contributed by atoms with Gasteiger partial charge in [-0.05, 0) is 18.6 Å². The number of hydrogen-bond acceptors (Lipinski definition) is 5. The predicted octanol–water partition coefficient (Wildman–Crippen LogP) is 0.0241. The summed E-state index contributed by atoms with van der Waals surface area (Å²) in [5.74, 6) is 0.205. The maximum absolute atomic E-state index is 10.8. The maximum Gasteiger partial charge on any atom is 0.234 e. The fraction of sp³-hybridized carbons (Fsp3) is 0.300. The molecule has 2 rings (SSSR count). The first kappa shape index (κ1) is 11.9. The van der Waals surface area contributed by atoms with Crippen molar-refractivity contribution in [1.29, 1.82) is 0 Å². The Balaban J connectivity index is 1.98. The number of rotatable bonds is 5. The molecule has 0 saturated heterocycles. The molecule has 17 heavy (non-hydrogen) atoms. The van der Waals surface area contributed by atoms with Crippen LogP contribution in [0, 0.1) is 0 Å². The van der Waals surface area contributed by atoms with Crippen LogP contribution in [-0.4, -0.2) is 32.3 Å². The second kappa shape index (κ2) is 5.15. The SMILES string of the molecule is NC(=O)C(N)CCSc1nnc2ccccn12. The van der Waals surface area contributed by atoms with Gasteiger partial charge < -0.3 is 11.5 Å². The number of nitrogens with zero attached hydrogens (tertiary/aromatic N) is 3. The molecule has 2 heterocycles. The van der Waals surface area contributed by atoms with Gasteiger partial charge in [-0.25, -0.2) is 0 Å². The molecule has 0 aliphatic carbocycles. The van der Waals surface area contributed by atoms with Crippen molar-refractivity contribution in [3.05, 3.63) is 24.4 Å². The summed E-state index contributed by atoms with van der Waals surface area (Å²) in [4.78, 5) is 10.8. The molecule has 6 nitrogen and oxygen atoms in total. The van der Waals surface area contributed by atoms with Crippen LogP contribution in [0.1, 0.15) is 6.42 Å². The molecule has 7 heteroatoms. The highest BCUT2D eigenvalue weighted by atomic mass is 32.2. The van der Waals surface area contributed by atoms with Crippen LogP contribution in [0.3, 0.4) is 0 Å². The maximum atomic E-state index is 10.8. The molecule has 0 aliphatic rings. The van der Waals surface area contributed by atoms with Crippen molar-refractivity contribution in [1.82, 2.24) is 14.6 Å². The second-order valence-corrected chi connectivity index (χ2v) is 4.62. The first-order chi connectivity index (χ1) is 8.18. The third-order valence-electron chi connectivity index (χ3n) is 2.31. The standard InChI is InChI=1S/C10H13N5OS/c11-7(9(12)16)4-6-17-10-14-13-8-3-1-2-5-15(8)10/h1-3,5,7H,4,6,11H2,(H2,12,16). The Morgan fingerprint density at radius 2 is 2.29 bits per heavy atom. The lowest BCUT2D eigenvalue weighted by Gasteiger charge is -2.05. The zero-order valence-electron chi connectivity index (χ0n) is 9.11. The summed E-state index contributed by atoms with van der Waals surface area (Å²) in [6.45, 7) is 0. The number of carbonyl (C=O) groups excluding carboxylic acids is 1. The molecule has 0 bridgehead atoms. The van der Waals surface area contributed by atoms with Gasteiger partial charge in [-0.3, -0.25) is 9.20 Å². The zero-order chi connectivity index (χ0) is 12.3. The minimum atomic E-state index is -0.596. The molecule has 2 aromatic heterocycles. The van der Waals surface area contributed by atoms with Crippen molar-refractivity contribution in [3.63, 3.8) is 0 Å². The van der Waals surface area contributed by atoms with Crippen LogP contribution in [0.15, 0.2) is 29.6 Å². The van der Waals surface area contributed by atoms with Gasteiger partial charge in [-0.2, -0.15) is 0 Å². The predicted molar refractivity (Wildman–Crippen MR) is 65.5 cm³/mol. The quantitative estimate of drug-likeness (QED) is 0.730. The number of amides is 1. The summed E-state index contributed by atoms with van der Waals surface area (Å²) in [5.41, 5.74) is 11.4. The van der Waals surface area contributed by atoms with Crippen molar-refractivity contribution >= 4 is 23.3 Å². The van der Waals surface area contributed by atoms with Crippen molar-refractivity contribution in [2.24, 2.45) is 11.5 Å². The van der Waals surface area contributed by atoms with Gasteiger partial charge in [-0.15, -0.1) is 10.2 Å². The largest absolute Gasteiger partial charge is 0.368 e. The van der Waals surface area contributed by atoms with Crippen LogP contribution < -0.4 is 11.5 Å². The molecule has 1 amide bonds. The van der Waals surface area contributed by atoms with E-state index in [0.717, 1.165) is 10.8 Å². The van der Waals surface area contributed by atoms with E-state index in [2.05, 4.69) is 10.2 Å². The molecule has 0 aromatic carbocycles. The summed E-state index contributed by atoms with van der Waals surface area (Å²) in [5, 5.41) is 8.87. The highest BCUT2D eigenvalue weighted by Crippen LogP contribution is 2.17. The average Bonchev–Trinajstić information content (AvgIpc) is 2.72. The van der Waals surface area contributed by atoms with Crippen molar-refractivity contribution in [3.8, 4) is 0 Å². The van der Waals surface area contributed by atoms with Gasteiger partial charge in [0.25, 0.3) is 0 Å². The van der Waals surface area contributed by atoms with Gasteiger partial charge >= 0.3 is 0 Å². The van der Waals surface area contributed by atoms with Crippen LogP contribution in [-0.2, 0) is 4.79 Å². The summed E-state index contributed by atoms with van der Waals surface area (Å²) in [6.07, 6.45) is 2.42. The zero-order valence-corrected chi connectivity index (χ0v) is 9.93. The van der Waals surface area contributed by atoms with E-state index >= 15 is 0 Å². The number of hydrogen-bond donors (Lipinski definition) is 2. The minimum Gasteiger partial charge on any atom is -0.368 e. The van der Waals surface area contributed by atoms with E-state index in [4.69, 9.17) is 11.5 Å². The Labute approximate surface area is 102 Å². The summed E-state index contributed by atoms with van der Waals surface area (Å²) in [7, 11) is 0. The molecule has 1 atom stereocenters. The van der Waals surface area contributed by atoms with Crippen LogP contribution in [0.5, 0.6) is 0 Å². The lowest BCUT2D eigenvalue weighted by atomic mass is 10.2. The highest BCUT2D eigenvalue weighted by molar-refractivity contribution is 7.99. The van der Waals surface area contributed by atoms with E-state index in [1.54, 1.807) is 0 Å². The molecule has 0 fully saturated rings. The number of thioether (sulfide) groups is 1. The molecule has 1 unspecified atom stereocenters. The van der Waals surface area contributed by atoms with Gasteiger partial charge in [0.1, 0.15) is 0 Å². The Morgan fingerprint density at radius 1 is 1.47 bits per heavy atom. The first-order valence-electron chi connectivity index (χ1n) is 5.16. The number of primary amides is 1. The van der Waals surface area contributed by atoms with Gasteiger partial charge in [0, 0.05) is 11.9 Å². The van der Waals surface area contributed by atoms with E-state index < -0.39 is 11.9 Å². The highest BCUT2D eigenvalue weighted by Gasteiger charge is 2.10. The number of nitrogens with two attached hydrogens (primary N) is 2. The minimum absolute atomic E-state index is 0.475. The molecular weight excluding hydrogens is 238 g/mol. The number of pyridine rings is 1. The smallest absolute Gasteiger partial charge is 0.234 e. The third kappa shape index (κ3) is 2.75. The van der Waals surface area contributed by atoms with Gasteiger partial charge in [0.2, 0.25) is 5.91 Å². The molecule has 0 aliphatic heterocycles. The lowest BCUT2D eigenvalue weighted by molar-refractivity contribution is -0.119. The van der Waals surface area contributed by atoms with Crippen molar-refractivity contribution in [2.45, 2.75) is 17.6 Å². The van der Waals surface area contributed by atoms with Crippen molar-refractivity contribution < 1.29 is 4.79 Å². The molecule has 4 N–H and O–H groups in total. The van der Waals surface area contributed by atoms with Gasteiger partial charge in [0.15, 0.2) is 10.8 Å². The molecule has 0 radical (unpaired) electrons. The van der Waals surface area contributed by atoms with E-state index in [0.29, 0.717) is 12.2 Å². The van der Waals surface area contributed by atoms with Gasteiger partial charge in [0.05, 0.1) is 6.04 Å². The summed E-state index contributed by atoms with van der Waals surface area (Å²) < 4.78 is 1.89. The van der Waals surface area contributed by atoms with E-state index in [1.807, 2.05) is 28.8 Å². The Bertz CT molecular complexity index is 526. The number of fused-ring (bicyclic) bond motifs is 1. The topological polar surface area (TPSA) is 99.3 Å². The van der Waals surface area contributed by atoms with Crippen molar-refractivity contribution in [2.75, 3.05) is 5.75 Å². The second-order valence-electron chi connectivity index (χ2n) is 3.56. The van der Waals surface area contributed by atoms with E-state index in [-0.39, 0.29) is 0 Å². The Kier molecular flexibility index (Phi) is 3.60. The molecule has 0 saturated carbocycles. The van der Waals surface area contributed by atoms with Crippen LogP contribution in [0.4, 0.5) is 0 Å².